The minimum atomic E-state index is 0.00182. The van der Waals surface area contributed by atoms with Crippen LogP contribution in [0.5, 0.6) is 11.6 Å². The van der Waals surface area contributed by atoms with Crippen LogP contribution < -0.4 is 14.8 Å². The second-order valence-electron chi connectivity index (χ2n) is 9.15. The lowest BCUT2D eigenvalue weighted by Crippen LogP contribution is -2.45. The maximum Gasteiger partial charge on any atom is 0.245 e. The monoisotopic (exact) mass is 497 g/mol. The number of nitrogens with one attached hydrogen (secondary N) is 1. The smallest absolute Gasteiger partial charge is 0.245 e. The summed E-state index contributed by atoms with van der Waals surface area (Å²) in [6, 6.07) is 14.0. The second kappa shape index (κ2) is 9.62. The van der Waals surface area contributed by atoms with E-state index >= 15 is 0 Å². The predicted octanol–water partition coefficient (Wildman–Crippen LogP) is 3.06. The number of aromatic nitrogens is 5. The van der Waals surface area contributed by atoms with Crippen molar-refractivity contribution in [3.05, 3.63) is 66.9 Å². The van der Waals surface area contributed by atoms with E-state index in [1.807, 2.05) is 29.2 Å². The maximum absolute atomic E-state index is 11.9. The maximum atomic E-state index is 11.9. The molecular weight excluding hydrogens is 470 g/mol. The molecule has 0 saturated carbocycles. The molecule has 0 aliphatic carbocycles. The largest absolute Gasteiger partial charge is 0.491 e. The highest BCUT2D eigenvalue weighted by atomic mass is 16.5. The van der Waals surface area contributed by atoms with E-state index in [1.54, 1.807) is 23.9 Å². The van der Waals surface area contributed by atoms with E-state index < -0.39 is 0 Å². The first-order chi connectivity index (χ1) is 18.1. The highest BCUT2D eigenvalue weighted by molar-refractivity contribution is 5.87. The number of carbonyl (C=O) groups excluding carboxylic acids is 1. The zero-order valence-electron chi connectivity index (χ0n) is 20.5. The van der Waals surface area contributed by atoms with Gasteiger partial charge in [-0.3, -0.25) is 4.79 Å². The van der Waals surface area contributed by atoms with Crippen molar-refractivity contribution in [3.63, 3.8) is 0 Å². The summed E-state index contributed by atoms with van der Waals surface area (Å²) in [5.74, 6) is 1.32. The summed E-state index contributed by atoms with van der Waals surface area (Å²) in [5.41, 5.74) is 4.84. The first kappa shape index (κ1) is 23.1. The van der Waals surface area contributed by atoms with E-state index in [4.69, 9.17) is 14.5 Å². The number of ether oxygens (including phenoxy) is 2. The normalized spacial score (nSPS) is 17.4. The molecule has 1 atom stereocenters. The third-order valence-electron chi connectivity index (χ3n) is 6.96. The molecule has 1 amide bonds. The van der Waals surface area contributed by atoms with Gasteiger partial charge in [0.25, 0.3) is 0 Å². The highest BCUT2D eigenvalue weighted by Crippen LogP contribution is 2.39. The molecule has 37 heavy (non-hydrogen) atoms. The first-order valence-electron chi connectivity index (χ1n) is 12.3. The van der Waals surface area contributed by atoms with Gasteiger partial charge in [-0.05, 0) is 43.2 Å². The third kappa shape index (κ3) is 4.29. The Morgan fingerprint density at radius 2 is 2.08 bits per heavy atom. The summed E-state index contributed by atoms with van der Waals surface area (Å²) in [4.78, 5) is 18.6. The van der Waals surface area contributed by atoms with Gasteiger partial charge < -0.3 is 19.7 Å². The fourth-order valence-electron chi connectivity index (χ4n) is 5.06. The van der Waals surface area contributed by atoms with Crippen molar-refractivity contribution >= 4 is 11.6 Å². The Balaban J connectivity index is 1.29. The summed E-state index contributed by atoms with van der Waals surface area (Å²) in [6.45, 7) is 5.62. The van der Waals surface area contributed by atoms with E-state index in [2.05, 4.69) is 39.3 Å². The van der Waals surface area contributed by atoms with Gasteiger partial charge in [0.1, 0.15) is 29.4 Å². The molecule has 1 N–H and O–H groups in total. The van der Waals surface area contributed by atoms with Crippen LogP contribution in [0, 0.1) is 0 Å². The van der Waals surface area contributed by atoms with E-state index in [9.17, 15) is 4.79 Å². The number of piperidine rings is 1. The van der Waals surface area contributed by atoms with E-state index in [0.29, 0.717) is 29.9 Å². The molecule has 0 bridgehead atoms. The van der Waals surface area contributed by atoms with Crippen molar-refractivity contribution in [2.45, 2.75) is 24.9 Å². The molecule has 1 saturated heterocycles. The number of hydrogen-bond donors (Lipinski definition) is 1. The Bertz CT molecular complexity index is 1460. The number of nitrogens with zero attached hydrogens (tertiary/aromatic N) is 6. The highest BCUT2D eigenvalue weighted by Gasteiger charge is 2.30. The number of rotatable bonds is 6. The van der Waals surface area contributed by atoms with Crippen LogP contribution in [0.15, 0.2) is 61.3 Å². The topological polar surface area (TPSA) is 107 Å². The van der Waals surface area contributed by atoms with Crippen LogP contribution >= 0.6 is 0 Å². The van der Waals surface area contributed by atoms with Gasteiger partial charge in [0.2, 0.25) is 11.8 Å². The van der Waals surface area contributed by atoms with Crippen LogP contribution in [-0.2, 0) is 4.79 Å². The Morgan fingerprint density at radius 1 is 1.22 bits per heavy atom. The quantitative estimate of drug-likeness (QED) is 0.405. The fraction of sp³-hybridized carbons (Fsp3) is 0.296. The van der Waals surface area contributed by atoms with E-state index in [0.717, 1.165) is 54.2 Å². The summed E-state index contributed by atoms with van der Waals surface area (Å²) >= 11 is 0. The molecule has 5 heterocycles. The molecule has 1 aromatic carbocycles. The van der Waals surface area contributed by atoms with Crippen molar-refractivity contribution in [2.75, 3.05) is 26.8 Å². The van der Waals surface area contributed by atoms with Crippen molar-refractivity contribution < 1.29 is 14.3 Å². The molecule has 1 fully saturated rings. The van der Waals surface area contributed by atoms with E-state index in [1.165, 1.54) is 6.08 Å². The van der Waals surface area contributed by atoms with Crippen LogP contribution in [0.3, 0.4) is 0 Å². The number of imidazole rings is 1. The molecule has 188 valence electrons. The number of benzene rings is 1. The number of amides is 1. The molecule has 2 aliphatic rings. The van der Waals surface area contributed by atoms with Gasteiger partial charge >= 0.3 is 0 Å². The molecule has 10 nitrogen and oxygen atoms in total. The molecule has 0 spiro atoms. The number of hydrogen-bond acceptors (Lipinski definition) is 8. The molecule has 0 radical (unpaired) electrons. The number of fused-ring (bicyclic) bond motifs is 2. The van der Waals surface area contributed by atoms with Crippen molar-refractivity contribution in [2.24, 2.45) is 0 Å². The molecule has 2 aliphatic heterocycles. The zero-order chi connectivity index (χ0) is 25.4. The summed E-state index contributed by atoms with van der Waals surface area (Å²) in [7, 11) is 1.58. The number of carbonyl (C=O) groups is 1. The molecule has 6 rings (SSSR count). The van der Waals surface area contributed by atoms with Gasteiger partial charge in [-0.15, -0.1) is 10.2 Å². The van der Waals surface area contributed by atoms with Gasteiger partial charge in [0.05, 0.1) is 13.2 Å². The summed E-state index contributed by atoms with van der Waals surface area (Å²) < 4.78 is 13.2. The van der Waals surface area contributed by atoms with Gasteiger partial charge in [-0.25, -0.2) is 9.50 Å². The third-order valence-corrected chi connectivity index (χ3v) is 6.96. The molecule has 4 aromatic rings. The van der Waals surface area contributed by atoms with E-state index in [-0.39, 0.29) is 11.9 Å². The predicted molar refractivity (Wildman–Crippen MR) is 137 cm³/mol. The average Bonchev–Trinajstić information content (AvgIpc) is 3.54. The standard InChI is InChI=1S/C27H27N7O3/c1-3-25(35)33-13-10-18(11-14-33)29-21-16-37-22-15-17(6-7-19(21)22)26-27(20-5-4-12-28-31-20)34-23(30-26)8-9-24(32-34)36-2/h3-9,12,15,18,21,29H,1,10-11,13-14,16H2,2H3/t21-/m0/s1. The number of likely N-dealkylation sites (tertiary alicyclic amines) is 1. The molecule has 10 heteroatoms. The average molecular weight is 498 g/mol. The minimum Gasteiger partial charge on any atom is -0.491 e. The van der Waals surface area contributed by atoms with Crippen LogP contribution in [0.4, 0.5) is 0 Å². The van der Waals surface area contributed by atoms with Gasteiger partial charge in [-0.2, -0.15) is 5.10 Å². The summed E-state index contributed by atoms with van der Waals surface area (Å²) in [6.07, 6.45) is 4.83. The minimum absolute atomic E-state index is 0.00182. The first-order valence-corrected chi connectivity index (χ1v) is 12.3. The Kier molecular flexibility index (Phi) is 6.01. The molecule has 0 unspecified atom stereocenters. The Morgan fingerprint density at radius 3 is 2.84 bits per heavy atom. The lowest BCUT2D eigenvalue weighted by molar-refractivity contribution is -0.127. The van der Waals surface area contributed by atoms with Crippen molar-refractivity contribution in [1.29, 1.82) is 0 Å². The van der Waals surface area contributed by atoms with Crippen molar-refractivity contribution in [1.82, 2.24) is 35.0 Å². The van der Waals surface area contributed by atoms with Crippen LogP contribution in [0.25, 0.3) is 28.3 Å². The second-order valence-corrected chi connectivity index (χ2v) is 9.15. The number of methoxy groups -OCH3 is 1. The van der Waals surface area contributed by atoms with Crippen molar-refractivity contribution in [3.8, 4) is 34.3 Å². The van der Waals surface area contributed by atoms with Crippen LogP contribution in [0.2, 0.25) is 0 Å². The zero-order valence-corrected chi connectivity index (χ0v) is 20.5. The van der Waals surface area contributed by atoms with Gasteiger partial charge in [-0.1, -0.05) is 18.7 Å². The summed E-state index contributed by atoms with van der Waals surface area (Å²) in [5, 5.41) is 16.7. The Hall–Kier alpha value is -4.31. The lowest BCUT2D eigenvalue weighted by Gasteiger charge is -2.33. The molecular formula is C27H27N7O3. The SMILES string of the molecule is C=CC(=O)N1CCC(N[C@H]2COc3cc(-c4nc5ccc(OC)nn5c4-c4cccnn4)ccc32)CC1. The molecule has 3 aromatic heterocycles. The van der Waals surface area contributed by atoms with Crippen LogP contribution in [0.1, 0.15) is 24.4 Å². The van der Waals surface area contributed by atoms with Gasteiger partial charge in [0, 0.05) is 42.5 Å². The lowest BCUT2D eigenvalue weighted by atomic mass is 9.99. The van der Waals surface area contributed by atoms with Crippen LogP contribution in [-0.4, -0.2) is 68.5 Å². The fourth-order valence-corrected chi connectivity index (χ4v) is 5.06. The van der Waals surface area contributed by atoms with Gasteiger partial charge in [0.15, 0.2) is 5.65 Å². The Labute approximate surface area is 213 Å².